The molecule has 0 unspecified atom stereocenters. The van der Waals surface area contributed by atoms with Crippen molar-refractivity contribution in [2.75, 3.05) is 26.2 Å². The fourth-order valence-corrected chi connectivity index (χ4v) is 3.11. The van der Waals surface area contributed by atoms with E-state index >= 15 is 0 Å². The van der Waals surface area contributed by atoms with Crippen LogP contribution in [0.1, 0.15) is 15.9 Å². The van der Waals surface area contributed by atoms with E-state index in [1.807, 2.05) is 0 Å². The molecule has 0 bridgehead atoms. The summed E-state index contributed by atoms with van der Waals surface area (Å²) in [5.41, 5.74) is 5.22. The number of carbonyl (C=O) groups is 2. The molecule has 7 N–H and O–H groups in total. The summed E-state index contributed by atoms with van der Waals surface area (Å²) in [6.07, 6.45) is -0.322. The van der Waals surface area contributed by atoms with Crippen LogP contribution in [0, 0.1) is 0 Å². The van der Waals surface area contributed by atoms with Crippen molar-refractivity contribution in [3.63, 3.8) is 0 Å². The number of phenols is 1. The van der Waals surface area contributed by atoms with E-state index in [1.54, 1.807) is 0 Å². The van der Waals surface area contributed by atoms with E-state index in [-0.39, 0.29) is 41.0 Å². The smallest absolute Gasteiger partial charge is 0.451 e. The number of aromatic hydroxyl groups is 1. The number of amides is 1. The van der Waals surface area contributed by atoms with Gasteiger partial charge in [0.05, 0.1) is 13.1 Å². The molecule has 1 aliphatic rings. The summed E-state index contributed by atoms with van der Waals surface area (Å²) in [5, 5.41) is 37.3. The standard InChI is InChI=1S/C15H22BN3O7S/c17-5-6-18-27-15(23)19-7-10(8-19)26-11-2-1-9(3-4-16(24)25)13(20)12(11)14(21)22/h1-2,10,18,20,24-25H,3-8,17H2,(H,21,22). The number of carboxylic acid groups (broad SMARTS) is 1. The monoisotopic (exact) mass is 399 g/mol. The molecule has 1 heterocycles. The highest BCUT2D eigenvalue weighted by atomic mass is 32.2. The molecule has 0 saturated carbocycles. The number of ether oxygens (including phenoxy) is 1. The first-order valence-electron chi connectivity index (χ1n) is 8.33. The predicted molar refractivity (Wildman–Crippen MR) is 99.8 cm³/mol. The first-order chi connectivity index (χ1) is 12.8. The molecule has 12 heteroatoms. The molecule has 1 saturated heterocycles. The van der Waals surface area contributed by atoms with E-state index in [4.69, 9.17) is 20.5 Å². The number of aryl methyl sites for hydroxylation is 1. The Labute approximate surface area is 160 Å². The normalized spacial score (nSPS) is 14.0. The second-order valence-corrected chi connectivity index (χ2v) is 6.81. The Bertz CT molecular complexity index is 686. The quantitative estimate of drug-likeness (QED) is 0.181. The molecule has 0 spiro atoms. The maximum Gasteiger partial charge on any atom is 0.451 e. The van der Waals surface area contributed by atoms with Crippen LogP contribution in [-0.4, -0.2) is 75.8 Å². The molecule has 1 amide bonds. The molecule has 1 aliphatic heterocycles. The molecule has 1 aromatic carbocycles. The molecule has 2 rings (SSSR count). The minimum Gasteiger partial charge on any atom is -0.507 e. The molecule has 0 radical (unpaired) electrons. The number of nitrogens with one attached hydrogen (secondary N) is 1. The third kappa shape index (κ3) is 5.74. The Hall–Kier alpha value is -1.99. The highest BCUT2D eigenvalue weighted by molar-refractivity contribution is 8.11. The van der Waals surface area contributed by atoms with Gasteiger partial charge in [-0.1, -0.05) is 6.07 Å². The molecule has 1 fully saturated rings. The fourth-order valence-electron chi connectivity index (χ4n) is 2.48. The van der Waals surface area contributed by atoms with Crippen LogP contribution < -0.4 is 15.2 Å². The molecular formula is C15H22BN3O7S. The van der Waals surface area contributed by atoms with Crippen molar-refractivity contribution in [1.29, 1.82) is 0 Å². The zero-order valence-electron chi connectivity index (χ0n) is 14.5. The summed E-state index contributed by atoms with van der Waals surface area (Å²) in [5.74, 6) is -1.82. The number of nitrogens with two attached hydrogens (primary N) is 1. The van der Waals surface area contributed by atoms with Crippen LogP contribution in [0.5, 0.6) is 11.5 Å². The predicted octanol–water partition coefficient (Wildman–Crippen LogP) is -0.515. The van der Waals surface area contributed by atoms with Gasteiger partial charge in [-0.15, -0.1) is 0 Å². The van der Waals surface area contributed by atoms with Gasteiger partial charge in [0.1, 0.15) is 23.2 Å². The number of carbonyl (C=O) groups excluding carboxylic acids is 1. The fraction of sp³-hybridized carbons (Fsp3) is 0.467. The first kappa shape index (κ1) is 21.3. The Morgan fingerprint density at radius 3 is 2.67 bits per heavy atom. The van der Waals surface area contributed by atoms with Crippen LogP contribution in [0.15, 0.2) is 12.1 Å². The van der Waals surface area contributed by atoms with Crippen LogP contribution in [0.25, 0.3) is 0 Å². The van der Waals surface area contributed by atoms with Gasteiger partial charge in [0.25, 0.3) is 5.24 Å². The second kappa shape index (κ2) is 9.81. The van der Waals surface area contributed by atoms with Crippen molar-refractivity contribution in [2.45, 2.75) is 18.8 Å². The summed E-state index contributed by atoms with van der Waals surface area (Å²) in [6.45, 7) is 1.52. The Balaban J connectivity index is 1.98. The summed E-state index contributed by atoms with van der Waals surface area (Å²) in [4.78, 5) is 24.9. The number of likely N-dealkylation sites (tertiary alicyclic amines) is 1. The minimum atomic E-state index is -1.55. The molecule has 0 atom stereocenters. The summed E-state index contributed by atoms with van der Waals surface area (Å²) in [7, 11) is -1.55. The van der Waals surface area contributed by atoms with E-state index < -0.39 is 18.8 Å². The molecule has 148 valence electrons. The van der Waals surface area contributed by atoms with Crippen molar-refractivity contribution in [3.8, 4) is 11.5 Å². The highest BCUT2D eigenvalue weighted by Gasteiger charge is 2.34. The average Bonchev–Trinajstić information content (AvgIpc) is 2.56. The lowest BCUT2D eigenvalue weighted by Crippen LogP contribution is -2.55. The molecular weight excluding hydrogens is 377 g/mol. The van der Waals surface area contributed by atoms with Crippen LogP contribution in [0.2, 0.25) is 6.32 Å². The maximum atomic E-state index is 11.9. The van der Waals surface area contributed by atoms with Crippen LogP contribution in [0.4, 0.5) is 4.79 Å². The number of hydrogen-bond acceptors (Lipinski definition) is 9. The van der Waals surface area contributed by atoms with Crippen molar-refractivity contribution in [3.05, 3.63) is 23.3 Å². The van der Waals surface area contributed by atoms with E-state index in [9.17, 15) is 19.8 Å². The zero-order chi connectivity index (χ0) is 20.0. The number of nitrogens with zero attached hydrogens (tertiary/aromatic N) is 1. The Kier molecular flexibility index (Phi) is 7.74. The van der Waals surface area contributed by atoms with E-state index in [2.05, 4.69) is 4.72 Å². The second-order valence-electron chi connectivity index (χ2n) is 5.97. The number of aromatic carboxylic acids is 1. The highest BCUT2D eigenvalue weighted by Crippen LogP contribution is 2.34. The van der Waals surface area contributed by atoms with Gasteiger partial charge in [0.15, 0.2) is 0 Å². The lowest BCUT2D eigenvalue weighted by atomic mass is 9.82. The van der Waals surface area contributed by atoms with Crippen molar-refractivity contribution < 1.29 is 34.6 Å². The first-order valence-corrected chi connectivity index (χ1v) is 9.14. The maximum absolute atomic E-state index is 11.9. The Morgan fingerprint density at radius 1 is 1.37 bits per heavy atom. The van der Waals surface area contributed by atoms with Crippen molar-refractivity contribution in [1.82, 2.24) is 9.62 Å². The third-order valence-corrected chi connectivity index (χ3v) is 4.70. The van der Waals surface area contributed by atoms with Gasteiger partial charge >= 0.3 is 13.1 Å². The number of rotatable bonds is 9. The van der Waals surface area contributed by atoms with E-state index in [0.717, 1.165) is 11.9 Å². The topological polar surface area (TPSA) is 166 Å². The van der Waals surface area contributed by atoms with E-state index in [0.29, 0.717) is 26.2 Å². The molecule has 0 aliphatic carbocycles. The number of benzene rings is 1. The zero-order valence-corrected chi connectivity index (χ0v) is 15.3. The van der Waals surface area contributed by atoms with Gasteiger partial charge in [-0.2, -0.15) is 0 Å². The van der Waals surface area contributed by atoms with Gasteiger partial charge in [-0.25, -0.2) is 4.79 Å². The summed E-state index contributed by atoms with van der Waals surface area (Å²) < 4.78 is 8.45. The Morgan fingerprint density at radius 2 is 2.07 bits per heavy atom. The van der Waals surface area contributed by atoms with Crippen LogP contribution >= 0.6 is 11.9 Å². The van der Waals surface area contributed by atoms with Crippen LogP contribution in [0.3, 0.4) is 0 Å². The largest absolute Gasteiger partial charge is 0.507 e. The van der Waals surface area contributed by atoms with Gasteiger partial charge < -0.3 is 35.6 Å². The molecule has 0 aromatic heterocycles. The summed E-state index contributed by atoms with van der Waals surface area (Å²) >= 11 is 0.940. The average molecular weight is 399 g/mol. The SMILES string of the molecule is NCCNSC(=O)N1CC(Oc2ccc(CCB(O)O)c(O)c2C(=O)O)C1. The number of hydrogen-bond donors (Lipinski definition) is 6. The minimum absolute atomic E-state index is 0.000643. The third-order valence-electron chi connectivity index (χ3n) is 3.91. The summed E-state index contributed by atoms with van der Waals surface area (Å²) in [6, 6.07) is 2.90. The van der Waals surface area contributed by atoms with Gasteiger partial charge in [-0.05, 0) is 24.4 Å². The molecule has 1 aromatic rings. The van der Waals surface area contributed by atoms with Crippen molar-refractivity contribution >= 4 is 30.3 Å². The van der Waals surface area contributed by atoms with Gasteiger partial charge in [-0.3, -0.25) is 9.52 Å². The van der Waals surface area contributed by atoms with Gasteiger partial charge in [0.2, 0.25) is 0 Å². The van der Waals surface area contributed by atoms with Crippen molar-refractivity contribution in [2.24, 2.45) is 5.73 Å². The van der Waals surface area contributed by atoms with E-state index in [1.165, 1.54) is 17.0 Å². The lowest BCUT2D eigenvalue weighted by Gasteiger charge is -2.38. The lowest BCUT2D eigenvalue weighted by molar-refractivity contribution is 0.0499. The molecule has 10 nitrogen and oxygen atoms in total. The number of carboxylic acids is 1. The van der Waals surface area contributed by atoms with Crippen LogP contribution in [-0.2, 0) is 6.42 Å². The molecule has 27 heavy (non-hydrogen) atoms. The van der Waals surface area contributed by atoms with Gasteiger partial charge in [0, 0.05) is 25.0 Å².